The summed E-state index contributed by atoms with van der Waals surface area (Å²) in [7, 11) is 1.23. The van der Waals surface area contributed by atoms with E-state index in [4.69, 9.17) is 5.11 Å². The van der Waals surface area contributed by atoms with Crippen molar-refractivity contribution in [3.05, 3.63) is 0 Å². The van der Waals surface area contributed by atoms with Crippen LogP contribution < -0.4 is 0 Å². The zero-order valence-electron chi connectivity index (χ0n) is 8.06. The van der Waals surface area contributed by atoms with Crippen molar-refractivity contribution in [2.24, 2.45) is 11.8 Å². The van der Waals surface area contributed by atoms with Gasteiger partial charge in [0.15, 0.2) is 0 Å². The van der Waals surface area contributed by atoms with E-state index in [0.29, 0.717) is 12.8 Å². The lowest BCUT2D eigenvalue weighted by Crippen LogP contribution is -2.33. The molecule has 0 amide bonds. The predicted octanol–water partition coefficient (Wildman–Crippen LogP) is 0.982. The molecule has 0 bridgehead atoms. The molecule has 14 heavy (non-hydrogen) atoms. The van der Waals surface area contributed by atoms with Crippen molar-refractivity contribution in [1.29, 1.82) is 0 Å². The van der Waals surface area contributed by atoms with Crippen molar-refractivity contribution in [3.63, 3.8) is 0 Å². The minimum atomic E-state index is -0.928. The number of hydrogen-bond donors (Lipinski definition) is 1. The number of aliphatic carboxylic acids is 1. The summed E-state index contributed by atoms with van der Waals surface area (Å²) in [5.41, 5.74) is 0. The fourth-order valence-electron chi connectivity index (χ4n) is 1.85. The highest BCUT2D eigenvalue weighted by atomic mass is 17.2. The van der Waals surface area contributed by atoms with Gasteiger partial charge in [-0.3, -0.25) is 9.68 Å². The third-order valence-electron chi connectivity index (χ3n) is 2.55. The third-order valence-corrected chi connectivity index (χ3v) is 2.55. The van der Waals surface area contributed by atoms with Gasteiger partial charge in [0.05, 0.1) is 18.9 Å². The third kappa shape index (κ3) is 2.45. The van der Waals surface area contributed by atoms with E-state index in [-0.39, 0.29) is 0 Å². The van der Waals surface area contributed by atoms with Crippen molar-refractivity contribution in [2.45, 2.75) is 25.7 Å². The zero-order valence-corrected chi connectivity index (χ0v) is 8.06. The summed E-state index contributed by atoms with van der Waals surface area (Å²) in [5, 5.41) is 8.88. The molecule has 0 saturated heterocycles. The summed E-state index contributed by atoms with van der Waals surface area (Å²) in [5.74, 6) is -2.67. The second kappa shape index (κ2) is 4.95. The van der Waals surface area contributed by atoms with Crippen LogP contribution in [0.25, 0.3) is 0 Å². The van der Waals surface area contributed by atoms with Crippen LogP contribution in [0.2, 0.25) is 0 Å². The second-order valence-corrected chi connectivity index (χ2v) is 3.40. The largest absolute Gasteiger partial charge is 0.481 e. The zero-order chi connectivity index (χ0) is 10.6. The quantitative estimate of drug-likeness (QED) is 0.545. The first-order valence-electron chi connectivity index (χ1n) is 4.64. The van der Waals surface area contributed by atoms with Crippen LogP contribution >= 0.6 is 0 Å². The number of rotatable bonds is 3. The molecular weight excluding hydrogens is 188 g/mol. The van der Waals surface area contributed by atoms with Crippen LogP contribution in [0.1, 0.15) is 25.7 Å². The predicted molar refractivity (Wildman–Crippen MR) is 46.2 cm³/mol. The molecule has 1 aliphatic rings. The Morgan fingerprint density at radius 2 is 1.79 bits per heavy atom. The number of carbonyl (C=O) groups excluding carboxylic acids is 1. The first-order chi connectivity index (χ1) is 6.66. The van der Waals surface area contributed by atoms with E-state index in [2.05, 4.69) is 9.78 Å². The van der Waals surface area contributed by atoms with Crippen molar-refractivity contribution in [2.75, 3.05) is 7.11 Å². The standard InChI is InChI=1S/C9H14O5/c1-13-14-9(12)7-5-3-2-4-6(7)8(10)11/h6-7H,2-5H2,1H3,(H,10,11)/t6-,7+/m0/s1. The molecule has 0 aromatic heterocycles. The van der Waals surface area contributed by atoms with Gasteiger partial charge < -0.3 is 5.11 Å². The number of hydrogen-bond acceptors (Lipinski definition) is 4. The van der Waals surface area contributed by atoms with E-state index in [1.165, 1.54) is 7.11 Å². The molecule has 0 radical (unpaired) electrons. The van der Waals surface area contributed by atoms with Gasteiger partial charge in [-0.2, -0.15) is 4.89 Å². The summed E-state index contributed by atoms with van der Waals surface area (Å²) >= 11 is 0. The van der Waals surface area contributed by atoms with Crippen LogP contribution in [0, 0.1) is 11.8 Å². The Morgan fingerprint density at radius 3 is 2.29 bits per heavy atom. The van der Waals surface area contributed by atoms with Crippen molar-refractivity contribution < 1.29 is 24.5 Å². The Kier molecular flexibility index (Phi) is 3.88. The normalized spacial score (nSPS) is 26.9. The number of carboxylic acids is 1. The van der Waals surface area contributed by atoms with E-state index in [0.717, 1.165) is 12.8 Å². The molecule has 0 spiro atoms. The molecule has 5 nitrogen and oxygen atoms in total. The molecular formula is C9H14O5. The molecule has 0 aliphatic heterocycles. The second-order valence-electron chi connectivity index (χ2n) is 3.40. The molecule has 1 fully saturated rings. The van der Waals surface area contributed by atoms with Crippen LogP contribution in [-0.4, -0.2) is 24.2 Å². The Labute approximate surface area is 81.9 Å². The van der Waals surface area contributed by atoms with Gasteiger partial charge in [-0.15, -0.1) is 0 Å². The van der Waals surface area contributed by atoms with Crippen LogP contribution in [0.5, 0.6) is 0 Å². The van der Waals surface area contributed by atoms with Gasteiger partial charge in [-0.1, -0.05) is 12.8 Å². The summed E-state index contributed by atoms with van der Waals surface area (Å²) in [6.07, 6.45) is 2.83. The van der Waals surface area contributed by atoms with Gasteiger partial charge >= 0.3 is 11.9 Å². The van der Waals surface area contributed by atoms with Crippen LogP contribution in [0.3, 0.4) is 0 Å². The van der Waals surface area contributed by atoms with E-state index < -0.39 is 23.8 Å². The summed E-state index contributed by atoms with van der Waals surface area (Å²) in [4.78, 5) is 30.7. The molecule has 80 valence electrons. The topological polar surface area (TPSA) is 72.8 Å². The van der Waals surface area contributed by atoms with Crippen LogP contribution in [0.15, 0.2) is 0 Å². The number of carboxylic acid groups (broad SMARTS) is 1. The van der Waals surface area contributed by atoms with Gasteiger partial charge in [0.25, 0.3) is 0 Å². The van der Waals surface area contributed by atoms with Crippen molar-refractivity contribution >= 4 is 11.9 Å². The molecule has 2 atom stereocenters. The number of carbonyl (C=O) groups is 2. The van der Waals surface area contributed by atoms with Crippen LogP contribution in [-0.2, 0) is 19.4 Å². The monoisotopic (exact) mass is 202 g/mol. The van der Waals surface area contributed by atoms with E-state index in [1.54, 1.807) is 0 Å². The van der Waals surface area contributed by atoms with Gasteiger partial charge in [0.1, 0.15) is 0 Å². The fourth-order valence-corrected chi connectivity index (χ4v) is 1.85. The van der Waals surface area contributed by atoms with Crippen LogP contribution in [0.4, 0.5) is 0 Å². The maximum Gasteiger partial charge on any atom is 0.346 e. The minimum Gasteiger partial charge on any atom is -0.481 e. The van der Waals surface area contributed by atoms with E-state index in [9.17, 15) is 9.59 Å². The summed E-state index contributed by atoms with van der Waals surface area (Å²) < 4.78 is 0. The lowest BCUT2D eigenvalue weighted by Gasteiger charge is -2.25. The van der Waals surface area contributed by atoms with Gasteiger partial charge in [0, 0.05) is 0 Å². The minimum absolute atomic E-state index is 0.540. The maximum absolute atomic E-state index is 11.3. The van der Waals surface area contributed by atoms with Gasteiger partial charge in [-0.25, -0.2) is 4.79 Å². The summed E-state index contributed by atoms with van der Waals surface area (Å²) in [6, 6.07) is 0. The molecule has 1 saturated carbocycles. The Balaban J connectivity index is 2.62. The van der Waals surface area contributed by atoms with E-state index >= 15 is 0 Å². The highest BCUT2D eigenvalue weighted by Crippen LogP contribution is 2.31. The van der Waals surface area contributed by atoms with Gasteiger partial charge in [-0.05, 0) is 12.8 Å². The molecule has 0 aromatic rings. The first-order valence-corrected chi connectivity index (χ1v) is 4.64. The molecule has 5 heteroatoms. The fraction of sp³-hybridized carbons (Fsp3) is 0.778. The lowest BCUT2D eigenvalue weighted by molar-refractivity contribution is -0.261. The maximum atomic E-state index is 11.3. The summed E-state index contributed by atoms with van der Waals surface area (Å²) in [6.45, 7) is 0. The van der Waals surface area contributed by atoms with E-state index in [1.807, 2.05) is 0 Å². The lowest BCUT2D eigenvalue weighted by atomic mass is 9.79. The first kappa shape index (κ1) is 11.0. The molecule has 0 aromatic carbocycles. The molecule has 0 unspecified atom stereocenters. The Morgan fingerprint density at radius 1 is 1.21 bits per heavy atom. The molecule has 0 heterocycles. The average molecular weight is 202 g/mol. The molecule has 1 N–H and O–H groups in total. The highest BCUT2D eigenvalue weighted by Gasteiger charge is 2.37. The Hall–Kier alpha value is -1.10. The SMILES string of the molecule is COOC(=O)[C@@H]1CCCC[C@@H]1C(=O)O. The van der Waals surface area contributed by atoms with Gasteiger partial charge in [0.2, 0.25) is 0 Å². The van der Waals surface area contributed by atoms with Crippen molar-refractivity contribution in [3.8, 4) is 0 Å². The molecule has 1 rings (SSSR count). The average Bonchev–Trinajstić information content (AvgIpc) is 2.18. The Bertz CT molecular complexity index is 225. The molecule has 1 aliphatic carbocycles. The van der Waals surface area contributed by atoms with Crippen molar-refractivity contribution in [1.82, 2.24) is 0 Å². The highest BCUT2D eigenvalue weighted by molar-refractivity contribution is 5.81. The smallest absolute Gasteiger partial charge is 0.346 e.